The number of rotatable bonds is 4. The van der Waals surface area contributed by atoms with E-state index < -0.39 is 0 Å². The Morgan fingerprint density at radius 3 is 3.10 bits per heavy atom. The topological polar surface area (TPSA) is 59.8 Å². The van der Waals surface area contributed by atoms with Crippen LogP contribution < -0.4 is 5.32 Å². The molecule has 0 fully saturated rings. The molecule has 6 heteroatoms. The molecule has 2 aromatic rings. The third-order valence-electron chi connectivity index (χ3n) is 3.52. The predicted molar refractivity (Wildman–Crippen MR) is 84.1 cm³/mol. The quantitative estimate of drug-likeness (QED) is 0.881. The molecule has 21 heavy (non-hydrogen) atoms. The summed E-state index contributed by atoms with van der Waals surface area (Å²) in [4.78, 5) is 16.5. The van der Waals surface area contributed by atoms with Crippen molar-refractivity contribution in [2.75, 3.05) is 5.32 Å². The summed E-state index contributed by atoms with van der Waals surface area (Å²) in [5.74, 6) is 0.0234. The molecular formula is C15H18N4OS. The van der Waals surface area contributed by atoms with E-state index in [0.717, 1.165) is 24.1 Å². The fraction of sp³-hybridized carbons (Fsp3) is 0.400. The Morgan fingerprint density at radius 1 is 1.48 bits per heavy atom. The van der Waals surface area contributed by atoms with E-state index in [1.165, 1.54) is 29.8 Å². The van der Waals surface area contributed by atoms with Gasteiger partial charge in [-0.05, 0) is 25.7 Å². The molecule has 0 spiro atoms. The Hall–Kier alpha value is -1.95. The molecule has 5 nitrogen and oxygen atoms in total. The second-order valence-electron chi connectivity index (χ2n) is 5.27. The SMILES string of the molecule is Cn1cc(-c2csc(NC(=O)CC3=CCCCC3)n2)cn1. The minimum absolute atomic E-state index is 0.0234. The zero-order chi connectivity index (χ0) is 14.7. The number of aryl methyl sites for hydroxylation is 1. The minimum atomic E-state index is 0.0234. The maximum absolute atomic E-state index is 12.0. The Morgan fingerprint density at radius 2 is 2.38 bits per heavy atom. The monoisotopic (exact) mass is 302 g/mol. The van der Waals surface area contributed by atoms with Crippen molar-refractivity contribution in [3.63, 3.8) is 0 Å². The largest absolute Gasteiger partial charge is 0.302 e. The van der Waals surface area contributed by atoms with E-state index in [1.54, 1.807) is 10.9 Å². The first kappa shape index (κ1) is 14.0. The molecule has 1 N–H and O–H groups in total. The van der Waals surface area contributed by atoms with Gasteiger partial charge in [0.25, 0.3) is 0 Å². The molecule has 0 aromatic carbocycles. The smallest absolute Gasteiger partial charge is 0.230 e. The summed E-state index contributed by atoms with van der Waals surface area (Å²) >= 11 is 1.44. The first-order chi connectivity index (χ1) is 10.2. The molecule has 110 valence electrons. The van der Waals surface area contributed by atoms with Gasteiger partial charge in [-0.25, -0.2) is 4.98 Å². The Kier molecular flexibility index (Phi) is 4.15. The van der Waals surface area contributed by atoms with Gasteiger partial charge in [0.05, 0.1) is 11.9 Å². The van der Waals surface area contributed by atoms with Crippen LogP contribution in [0.3, 0.4) is 0 Å². The van der Waals surface area contributed by atoms with Gasteiger partial charge in [-0.1, -0.05) is 11.6 Å². The summed E-state index contributed by atoms with van der Waals surface area (Å²) in [5.41, 5.74) is 3.06. The van der Waals surface area contributed by atoms with Crippen LogP contribution in [-0.4, -0.2) is 20.7 Å². The van der Waals surface area contributed by atoms with Crippen molar-refractivity contribution >= 4 is 22.4 Å². The maximum Gasteiger partial charge on any atom is 0.230 e. The minimum Gasteiger partial charge on any atom is -0.302 e. The number of hydrogen-bond acceptors (Lipinski definition) is 4. The van der Waals surface area contributed by atoms with E-state index in [9.17, 15) is 4.79 Å². The normalized spacial score (nSPS) is 14.8. The summed E-state index contributed by atoms with van der Waals surface area (Å²) in [6, 6.07) is 0. The van der Waals surface area contributed by atoms with Gasteiger partial charge in [0.2, 0.25) is 5.91 Å². The number of nitrogens with zero attached hydrogens (tertiary/aromatic N) is 3. The van der Waals surface area contributed by atoms with Crippen LogP contribution >= 0.6 is 11.3 Å². The molecule has 1 aliphatic rings. The number of aromatic nitrogens is 3. The molecule has 0 saturated carbocycles. The standard InChI is InChI=1S/C15H18N4OS/c1-19-9-12(8-16-19)13-10-21-15(17-13)18-14(20)7-11-5-3-2-4-6-11/h5,8-10H,2-4,6-7H2,1H3,(H,17,18,20). The van der Waals surface area contributed by atoms with Gasteiger partial charge in [0.1, 0.15) is 0 Å². The molecular weight excluding hydrogens is 284 g/mol. The molecule has 0 saturated heterocycles. The van der Waals surface area contributed by atoms with Crippen molar-refractivity contribution in [3.8, 4) is 11.3 Å². The number of thiazole rings is 1. The lowest BCUT2D eigenvalue weighted by Crippen LogP contribution is -2.12. The highest BCUT2D eigenvalue weighted by atomic mass is 32.1. The highest BCUT2D eigenvalue weighted by Gasteiger charge is 2.12. The fourth-order valence-electron chi connectivity index (χ4n) is 2.45. The average Bonchev–Trinajstić information content (AvgIpc) is 3.09. The summed E-state index contributed by atoms with van der Waals surface area (Å²) in [5, 5.41) is 9.60. The van der Waals surface area contributed by atoms with Gasteiger partial charge in [-0.3, -0.25) is 9.48 Å². The van der Waals surface area contributed by atoms with Crippen LogP contribution in [0.4, 0.5) is 5.13 Å². The molecule has 0 aliphatic heterocycles. The second kappa shape index (κ2) is 6.22. The predicted octanol–water partition coefficient (Wildman–Crippen LogP) is 3.37. The molecule has 0 atom stereocenters. The molecule has 3 rings (SSSR count). The lowest BCUT2D eigenvalue weighted by molar-refractivity contribution is -0.115. The van der Waals surface area contributed by atoms with Gasteiger partial charge < -0.3 is 5.32 Å². The first-order valence-electron chi connectivity index (χ1n) is 7.13. The van der Waals surface area contributed by atoms with Gasteiger partial charge in [0, 0.05) is 30.6 Å². The zero-order valence-electron chi connectivity index (χ0n) is 12.0. The van der Waals surface area contributed by atoms with Crippen molar-refractivity contribution in [3.05, 3.63) is 29.4 Å². The molecule has 2 heterocycles. The Bertz CT molecular complexity index is 671. The van der Waals surface area contributed by atoms with Crippen molar-refractivity contribution in [2.24, 2.45) is 7.05 Å². The number of amides is 1. The summed E-state index contributed by atoms with van der Waals surface area (Å²) < 4.78 is 1.74. The Balaban J connectivity index is 1.61. The summed E-state index contributed by atoms with van der Waals surface area (Å²) in [6.45, 7) is 0. The average molecular weight is 302 g/mol. The van der Waals surface area contributed by atoms with E-state index in [0.29, 0.717) is 11.6 Å². The number of allylic oxidation sites excluding steroid dienone is 1. The fourth-order valence-corrected chi connectivity index (χ4v) is 3.19. The van der Waals surface area contributed by atoms with Crippen LogP contribution in [0.15, 0.2) is 29.4 Å². The zero-order valence-corrected chi connectivity index (χ0v) is 12.8. The van der Waals surface area contributed by atoms with Crippen LogP contribution in [0.1, 0.15) is 32.1 Å². The second-order valence-corrected chi connectivity index (χ2v) is 6.13. The van der Waals surface area contributed by atoms with Crippen LogP contribution in [0.5, 0.6) is 0 Å². The van der Waals surface area contributed by atoms with Crippen molar-refractivity contribution in [1.29, 1.82) is 0 Å². The summed E-state index contributed by atoms with van der Waals surface area (Å²) in [6.07, 6.45) is 11.0. The van der Waals surface area contributed by atoms with Crippen LogP contribution in [0.25, 0.3) is 11.3 Å². The van der Waals surface area contributed by atoms with Crippen molar-refractivity contribution < 1.29 is 4.79 Å². The van der Waals surface area contributed by atoms with Crippen molar-refractivity contribution in [2.45, 2.75) is 32.1 Å². The molecule has 0 radical (unpaired) electrons. The van der Waals surface area contributed by atoms with E-state index >= 15 is 0 Å². The lowest BCUT2D eigenvalue weighted by Gasteiger charge is -2.11. The van der Waals surface area contributed by atoms with Gasteiger partial charge in [0.15, 0.2) is 5.13 Å². The molecule has 1 aliphatic carbocycles. The van der Waals surface area contributed by atoms with Crippen LogP contribution in [0.2, 0.25) is 0 Å². The van der Waals surface area contributed by atoms with Gasteiger partial charge in [-0.2, -0.15) is 5.10 Å². The van der Waals surface area contributed by atoms with Gasteiger partial charge >= 0.3 is 0 Å². The van der Waals surface area contributed by atoms with E-state index in [1.807, 2.05) is 18.6 Å². The van der Waals surface area contributed by atoms with Gasteiger partial charge in [-0.15, -0.1) is 11.3 Å². The van der Waals surface area contributed by atoms with E-state index in [4.69, 9.17) is 0 Å². The number of nitrogens with one attached hydrogen (secondary N) is 1. The number of carbonyl (C=O) groups is 1. The molecule has 2 aromatic heterocycles. The van der Waals surface area contributed by atoms with Crippen LogP contribution in [-0.2, 0) is 11.8 Å². The van der Waals surface area contributed by atoms with Crippen molar-refractivity contribution in [1.82, 2.24) is 14.8 Å². The van der Waals surface area contributed by atoms with E-state index in [2.05, 4.69) is 21.5 Å². The highest BCUT2D eigenvalue weighted by molar-refractivity contribution is 7.14. The number of carbonyl (C=O) groups excluding carboxylic acids is 1. The Labute approximate surface area is 127 Å². The first-order valence-corrected chi connectivity index (χ1v) is 8.01. The highest BCUT2D eigenvalue weighted by Crippen LogP contribution is 2.25. The van der Waals surface area contributed by atoms with Crippen LogP contribution in [0, 0.1) is 0 Å². The number of anilines is 1. The molecule has 0 unspecified atom stereocenters. The third-order valence-corrected chi connectivity index (χ3v) is 4.28. The summed E-state index contributed by atoms with van der Waals surface area (Å²) in [7, 11) is 1.87. The third kappa shape index (κ3) is 3.58. The number of hydrogen-bond donors (Lipinski definition) is 1. The molecule has 0 bridgehead atoms. The van der Waals surface area contributed by atoms with E-state index in [-0.39, 0.29) is 5.91 Å². The lowest BCUT2D eigenvalue weighted by atomic mass is 9.97. The maximum atomic E-state index is 12.0. The molecule has 1 amide bonds.